The van der Waals surface area contributed by atoms with Crippen LogP contribution < -0.4 is 0 Å². The maximum atomic E-state index is 7.94. The summed E-state index contributed by atoms with van der Waals surface area (Å²) in [6.45, 7) is 19.3. The van der Waals surface area contributed by atoms with Crippen LogP contribution >= 0.6 is 0 Å². The highest BCUT2D eigenvalue weighted by Gasteiger charge is 1.86. The van der Waals surface area contributed by atoms with E-state index in [-0.39, 0.29) is 6.61 Å². The second-order valence-electron chi connectivity index (χ2n) is 2.61. The molecule has 0 radical (unpaired) electrons. The summed E-state index contributed by atoms with van der Waals surface area (Å²) in [5.74, 6) is 0. The van der Waals surface area contributed by atoms with Crippen LogP contribution in [0.25, 0.3) is 0 Å². The molecule has 18 heavy (non-hydrogen) atoms. The van der Waals surface area contributed by atoms with E-state index in [9.17, 15) is 0 Å². The summed E-state index contributed by atoms with van der Waals surface area (Å²) in [5, 5.41) is 7.94. The van der Waals surface area contributed by atoms with E-state index >= 15 is 0 Å². The molecule has 0 rings (SSSR count). The minimum Gasteiger partial charge on any atom is -0.394 e. The number of methoxy groups -OCH3 is 1. The van der Waals surface area contributed by atoms with Gasteiger partial charge < -0.3 is 14.7 Å². The first-order valence-electron chi connectivity index (χ1n) is 7.51. The first-order valence-corrected chi connectivity index (χ1v) is 7.51. The van der Waals surface area contributed by atoms with E-state index in [1.165, 1.54) is 19.5 Å². The topological polar surface area (TPSA) is 32.7 Å². The molecule has 118 valence electrons. The quantitative estimate of drug-likeness (QED) is 0.815. The van der Waals surface area contributed by atoms with Crippen LogP contribution in [-0.2, 0) is 4.74 Å². The molecule has 3 heteroatoms. The average Bonchev–Trinajstić information content (AvgIpc) is 2.47. The lowest BCUT2D eigenvalue weighted by Gasteiger charge is -2.10. The molecule has 3 nitrogen and oxygen atoms in total. The van der Waals surface area contributed by atoms with Gasteiger partial charge in [-0.25, -0.2) is 0 Å². The standard InChI is InChI=1S/C6H15N.C3H8O2.3C2H6/c1-4-6-7(3)5-2;1-5-3-2-4;3*1-2/h4-6H2,1-3H3;4H,2-3H2,1H3;3*1-2H3. The average molecular weight is 267 g/mol. The van der Waals surface area contributed by atoms with Gasteiger partial charge in [0.25, 0.3) is 0 Å². The van der Waals surface area contributed by atoms with Gasteiger partial charge >= 0.3 is 0 Å². The Morgan fingerprint density at radius 1 is 0.944 bits per heavy atom. The van der Waals surface area contributed by atoms with Crippen LogP contribution in [0.5, 0.6) is 0 Å². The minimum atomic E-state index is 0.122. The number of nitrogens with zero attached hydrogens (tertiary/aromatic N) is 1. The normalized spacial score (nSPS) is 7.33. The van der Waals surface area contributed by atoms with Crippen molar-refractivity contribution >= 4 is 0 Å². The lowest BCUT2D eigenvalue weighted by molar-refractivity contribution is 0.135. The molecule has 0 atom stereocenters. The van der Waals surface area contributed by atoms with Crippen molar-refractivity contribution in [1.29, 1.82) is 0 Å². The molecule has 0 aliphatic carbocycles. The Bertz CT molecular complexity index is 69.5. The Morgan fingerprint density at radius 3 is 1.39 bits per heavy atom. The van der Waals surface area contributed by atoms with E-state index in [0.717, 1.165) is 0 Å². The van der Waals surface area contributed by atoms with Gasteiger partial charge in [-0.2, -0.15) is 0 Å². The zero-order chi connectivity index (χ0) is 15.8. The van der Waals surface area contributed by atoms with Gasteiger partial charge in [-0.3, -0.25) is 0 Å². The van der Waals surface area contributed by atoms with Crippen molar-refractivity contribution in [3.8, 4) is 0 Å². The molecule has 1 N–H and O–H groups in total. The first kappa shape index (κ1) is 30.7. The Labute approximate surface area is 118 Å². The molecule has 0 heterocycles. The molecule has 0 fully saturated rings. The highest BCUT2D eigenvalue weighted by molar-refractivity contribution is 4.41. The summed E-state index contributed by atoms with van der Waals surface area (Å²) in [5.41, 5.74) is 0. The second-order valence-corrected chi connectivity index (χ2v) is 2.61. The maximum Gasteiger partial charge on any atom is 0.0693 e. The number of hydrogen-bond acceptors (Lipinski definition) is 3. The van der Waals surface area contributed by atoms with Crippen LogP contribution in [0.1, 0.15) is 61.8 Å². The first-order chi connectivity index (χ1) is 8.72. The number of aliphatic hydroxyl groups is 1. The predicted octanol–water partition coefficient (Wildman–Crippen LogP) is 4.05. The van der Waals surface area contributed by atoms with Crippen LogP contribution in [0.15, 0.2) is 0 Å². The summed E-state index contributed by atoms with van der Waals surface area (Å²) in [6, 6.07) is 0. The number of aliphatic hydroxyl groups excluding tert-OH is 1. The predicted molar refractivity (Wildman–Crippen MR) is 86.5 cm³/mol. The second kappa shape index (κ2) is 54.0. The lowest BCUT2D eigenvalue weighted by Crippen LogP contribution is -2.17. The zero-order valence-corrected chi connectivity index (χ0v) is 14.8. The van der Waals surface area contributed by atoms with Crippen molar-refractivity contribution in [2.45, 2.75) is 61.8 Å². The molecule has 0 unspecified atom stereocenters. The van der Waals surface area contributed by atoms with E-state index < -0.39 is 0 Å². The minimum absolute atomic E-state index is 0.122. The number of rotatable bonds is 5. The fourth-order valence-electron chi connectivity index (χ4n) is 0.631. The molecule has 0 aliphatic rings. The number of ether oxygens (including phenoxy) is 1. The van der Waals surface area contributed by atoms with Gasteiger partial charge in [-0.1, -0.05) is 55.4 Å². The summed E-state index contributed by atoms with van der Waals surface area (Å²) in [4.78, 5) is 2.31. The summed E-state index contributed by atoms with van der Waals surface area (Å²) < 4.78 is 4.44. The van der Waals surface area contributed by atoms with Crippen LogP contribution in [0.2, 0.25) is 0 Å². The molecule has 0 aromatic heterocycles. The molecule has 0 amide bonds. The van der Waals surface area contributed by atoms with Gasteiger partial charge in [0.1, 0.15) is 0 Å². The molecule has 0 saturated carbocycles. The van der Waals surface area contributed by atoms with Gasteiger partial charge in [-0.15, -0.1) is 0 Å². The third-order valence-electron chi connectivity index (χ3n) is 1.44. The van der Waals surface area contributed by atoms with Crippen LogP contribution in [0, 0.1) is 0 Å². The maximum absolute atomic E-state index is 7.94. The Morgan fingerprint density at radius 2 is 1.33 bits per heavy atom. The Kier molecular flexibility index (Phi) is 92.1. The summed E-state index contributed by atoms with van der Waals surface area (Å²) in [7, 11) is 3.69. The molecule has 0 aliphatic heterocycles. The van der Waals surface area contributed by atoms with Gasteiger partial charge in [0.15, 0.2) is 0 Å². The molecule has 0 saturated heterocycles. The fraction of sp³-hybridized carbons (Fsp3) is 1.00. The SMILES string of the molecule is CC.CC.CC.CCCN(C)CC.COCCO. The highest BCUT2D eigenvalue weighted by Crippen LogP contribution is 1.82. The van der Waals surface area contributed by atoms with Gasteiger partial charge in [0, 0.05) is 7.11 Å². The zero-order valence-electron chi connectivity index (χ0n) is 14.8. The van der Waals surface area contributed by atoms with Gasteiger partial charge in [-0.05, 0) is 26.6 Å². The van der Waals surface area contributed by atoms with Crippen molar-refractivity contribution in [3.63, 3.8) is 0 Å². The molecule has 0 bridgehead atoms. The smallest absolute Gasteiger partial charge is 0.0693 e. The van der Waals surface area contributed by atoms with E-state index in [1.54, 1.807) is 7.11 Å². The summed E-state index contributed by atoms with van der Waals surface area (Å²) in [6.07, 6.45) is 1.27. The van der Waals surface area contributed by atoms with Crippen molar-refractivity contribution in [2.75, 3.05) is 40.5 Å². The van der Waals surface area contributed by atoms with Crippen molar-refractivity contribution in [1.82, 2.24) is 4.90 Å². The van der Waals surface area contributed by atoms with E-state index in [4.69, 9.17) is 5.11 Å². The van der Waals surface area contributed by atoms with Crippen molar-refractivity contribution < 1.29 is 9.84 Å². The number of hydrogen-bond donors (Lipinski definition) is 1. The molecular weight excluding hydrogens is 226 g/mol. The van der Waals surface area contributed by atoms with Crippen LogP contribution in [0.3, 0.4) is 0 Å². The molecule has 0 spiro atoms. The Balaban J connectivity index is -0.0000000451. The van der Waals surface area contributed by atoms with Crippen LogP contribution in [0.4, 0.5) is 0 Å². The summed E-state index contributed by atoms with van der Waals surface area (Å²) >= 11 is 0. The van der Waals surface area contributed by atoms with E-state index in [1.807, 2.05) is 41.5 Å². The van der Waals surface area contributed by atoms with E-state index in [2.05, 4.69) is 30.5 Å². The molecular formula is C15H41NO2. The van der Waals surface area contributed by atoms with Crippen molar-refractivity contribution in [3.05, 3.63) is 0 Å². The third-order valence-corrected chi connectivity index (χ3v) is 1.44. The van der Waals surface area contributed by atoms with Gasteiger partial charge in [0.05, 0.1) is 13.2 Å². The molecule has 0 aromatic carbocycles. The lowest BCUT2D eigenvalue weighted by atomic mass is 10.4. The molecule has 0 aromatic rings. The fourth-order valence-corrected chi connectivity index (χ4v) is 0.631. The Hall–Kier alpha value is -0.120. The van der Waals surface area contributed by atoms with Gasteiger partial charge in [0.2, 0.25) is 0 Å². The highest BCUT2D eigenvalue weighted by atomic mass is 16.5. The monoisotopic (exact) mass is 267 g/mol. The van der Waals surface area contributed by atoms with E-state index in [0.29, 0.717) is 6.61 Å². The largest absolute Gasteiger partial charge is 0.394 e. The third kappa shape index (κ3) is 74.3. The van der Waals surface area contributed by atoms with Crippen LogP contribution in [-0.4, -0.2) is 50.5 Å². The van der Waals surface area contributed by atoms with Crippen molar-refractivity contribution in [2.24, 2.45) is 0 Å².